The first-order valence-electron chi connectivity index (χ1n) is 10.3. The molecule has 0 radical (unpaired) electrons. The average molecular weight is 450 g/mol. The molecule has 5 rings (SSSR count). The maximum absolute atomic E-state index is 12.6. The maximum atomic E-state index is 12.6. The fourth-order valence-corrected chi connectivity index (χ4v) is 6.30. The van der Waals surface area contributed by atoms with Gasteiger partial charge in [-0.15, -0.1) is 0 Å². The van der Waals surface area contributed by atoms with Crippen LogP contribution in [0.4, 0.5) is 0 Å². The third-order valence-electron chi connectivity index (χ3n) is 6.78. The van der Waals surface area contributed by atoms with Crippen LogP contribution in [0.5, 0.6) is 0 Å². The van der Waals surface area contributed by atoms with E-state index >= 15 is 0 Å². The molecule has 4 heterocycles. The Morgan fingerprint density at radius 3 is 2.90 bits per heavy atom. The van der Waals surface area contributed by atoms with Crippen molar-refractivity contribution in [2.24, 2.45) is 11.8 Å². The van der Waals surface area contributed by atoms with Crippen LogP contribution < -0.4 is 5.32 Å². The van der Waals surface area contributed by atoms with Crippen molar-refractivity contribution < 1.29 is 27.9 Å². The number of carbonyl (C=O) groups excluding carboxylic acids is 1. The van der Waals surface area contributed by atoms with Gasteiger partial charge in [0.25, 0.3) is 6.47 Å². The molecule has 2 bridgehead atoms. The van der Waals surface area contributed by atoms with E-state index in [0.29, 0.717) is 26.1 Å². The van der Waals surface area contributed by atoms with Crippen molar-refractivity contribution in [3.05, 3.63) is 36.0 Å². The van der Waals surface area contributed by atoms with E-state index in [0.717, 1.165) is 29.3 Å². The summed E-state index contributed by atoms with van der Waals surface area (Å²) in [4.78, 5) is 24.1. The minimum atomic E-state index is -3.22. The van der Waals surface area contributed by atoms with Crippen molar-refractivity contribution in [2.45, 2.75) is 31.0 Å². The zero-order chi connectivity index (χ0) is 22.2. The van der Waals surface area contributed by atoms with Crippen molar-refractivity contribution in [1.29, 1.82) is 0 Å². The molecular formula is C21H27N3O6S. The van der Waals surface area contributed by atoms with Gasteiger partial charge in [-0.05, 0) is 24.5 Å². The van der Waals surface area contributed by atoms with Gasteiger partial charge in [-0.2, -0.15) is 4.31 Å². The van der Waals surface area contributed by atoms with Crippen LogP contribution in [-0.4, -0.2) is 72.8 Å². The number of sulfonamides is 1. The largest absolute Gasteiger partial charge is 0.483 e. The number of fused-ring (bicyclic) bond motifs is 2. The standard InChI is InChI=1S/C20H25N3O4S.CH2O2/c1-28(25,26)23-11-16-15(18-6-7-20(16,12-23)27-18)10-22-19(24)8-13-9-21-17-5-3-2-4-14(13)17;2-1-3/h2-5,9,15-16,18,21H,6-8,10-12H2,1H3,(H,22,24);1H,(H,2,3)/t15-,16+,18+,20+;/m0./s1. The molecule has 10 heteroatoms. The zero-order valence-corrected chi connectivity index (χ0v) is 18.1. The third-order valence-corrected chi connectivity index (χ3v) is 8.00. The van der Waals surface area contributed by atoms with E-state index in [1.54, 1.807) is 4.31 Å². The summed E-state index contributed by atoms with van der Waals surface area (Å²) in [5, 5.41) is 11.0. The minimum Gasteiger partial charge on any atom is -0.483 e. The van der Waals surface area contributed by atoms with Crippen LogP contribution in [-0.2, 0) is 30.8 Å². The van der Waals surface area contributed by atoms with Gasteiger partial charge in [0.15, 0.2) is 0 Å². The highest BCUT2D eigenvalue weighted by Gasteiger charge is 2.63. The number of nitrogens with one attached hydrogen (secondary N) is 2. The second kappa shape index (κ2) is 8.25. The SMILES string of the molecule is CS(=O)(=O)N1C[C@@H]2[C@H](CNC(=O)Cc3c[nH]c4ccccc34)[C@H]3CC[C@]2(C1)O3.O=CO. The Morgan fingerprint density at radius 2 is 2.16 bits per heavy atom. The van der Waals surface area contributed by atoms with Crippen molar-refractivity contribution in [1.82, 2.24) is 14.6 Å². The van der Waals surface area contributed by atoms with Gasteiger partial charge in [0.1, 0.15) is 0 Å². The molecule has 3 aliphatic rings. The van der Waals surface area contributed by atoms with Crippen LogP contribution >= 0.6 is 0 Å². The predicted molar refractivity (Wildman–Crippen MR) is 114 cm³/mol. The molecule has 0 saturated carbocycles. The van der Waals surface area contributed by atoms with Crippen LogP contribution in [0.2, 0.25) is 0 Å². The molecule has 2 aromatic rings. The van der Waals surface area contributed by atoms with Crippen molar-refractivity contribution in [3.8, 4) is 0 Å². The molecule has 0 aliphatic carbocycles. The fourth-order valence-electron chi connectivity index (χ4n) is 5.42. The first-order valence-corrected chi connectivity index (χ1v) is 12.1. The first-order chi connectivity index (χ1) is 14.8. The van der Waals surface area contributed by atoms with E-state index in [-0.39, 0.29) is 35.9 Å². The second-order valence-electron chi connectivity index (χ2n) is 8.53. The highest BCUT2D eigenvalue weighted by Crippen LogP contribution is 2.55. The van der Waals surface area contributed by atoms with Crippen molar-refractivity contribution in [2.75, 3.05) is 25.9 Å². The maximum Gasteiger partial charge on any atom is 0.290 e. The van der Waals surface area contributed by atoms with E-state index in [1.807, 2.05) is 30.5 Å². The van der Waals surface area contributed by atoms with Crippen LogP contribution in [0.25, 0.3) is 10.9 Å². The van der Waals surface area contributed by atoms with Gasteiger partial charge in [0.05, 0.1) is 24.4 Å². The second-order valence-corrected chi connectivity index (χ2v) is 10.5. The molecule has 3 aliphatic heterocycles. The molecule has 3 fully saturated rings. The van der Waals surface area contributed by atoms with E-state index < -0.39 is 10.0 Å². The van der Waals surface area contributed by atoms with Crippen molar-refractivity contribution >= 4 is 33.3 Å². The Labute approximate surface area is 180 Å². The Kier molecular flexibility index (Phi) is 5.80. The Balaban J connectivity index is 0.000000730. The lowest BCUT2D eigenvalue weighted by atomic mass is 9.73. The topological polar surface area (TPSA) is 129 Å². The number of aromatic nitrogens is 1. The number of carboxylic acid groups (broad SMARTS) is 1. The molecule has 1 spiro atoms. The Morgan fingerprint density at radius 1 is 1.42 bits per heavy atom. The molecular weight excluding hydrogens is 422 g/mol. The molecule has 1 amide bonds. The molecule has 3 N–H and O–H groups in total. The summed E-state index contributed by atoms with van der Waals surface area (Å²) in [6.07, 6.45) is 5.45. The lowest BCUT2D eigenvalue weighted by Crippen LogP contribution is -2.42. The predicted octanol–water partition coefficient (Wildman–Crippen LogP) is 0.966. The Bertz CT molecular complexity index is 1080. The monoisotopic (exact) mass is 449 g/mol. The summed E-state index contributed by atoms with van der Waals surface area (Å²) in [5.74, 6) is 0.321. The normalized spacial score (nSPS) is 29.4. The van der Waals surface area contributed by atoms with Gasteiger partial charge in [-0.1, -0.05) is 18.2 Å². The number of rotatable bonds is 5. The van der Waals surface area contributed by atoms with Crippen LogP contribution in [0.3, 0.4) is 0 Å². The Hall–Kier alpha value is -2.43. The zero-order valence-electron chi connectivity index (χ0n) is 17.3. The molecule has 31 heavy (non-hydrogen) atoms. The van der Waals surface area contributed by atoms with E-state index in [4.69, 9.17) is 14.6 Å². The highest BCUT2D eigenvalue weighted by atomic mass is 32.2. The lowest BCUT2D eigenvalue weighted by Gasteiger charge is -2.29. The van der Waals surface area contributed by atoms with Gasteiger partial charge in [-0.25, -0.2) is 8.42 Å². The summed E-state index contributed by atoms with van der Waals surface area (Å²) < 4.78 is 31.8. The van der Waals surface area contributed by atoms with Crippen molar-refractivity contribution in [3.63, 3.8) is 0 Å². The summed E-state index contributed by atoms with van der Waals surface area (Å²) in [5.41, 5.74) is 1.67. The first kappa shape index (κ1) is 21.8. The van der Waals surface area contributed by atoms with Crippen LogP contribution in [0.15, 0.2) is 30.5 Å². The van der Waals surface area contributed by atoms with E-state index in [9.17, 15) is 13.2 Å². The van der Waals surface area contributed by atoms with Gasteiger partial charge in [0.2, 0.25) is 15.9 Å². The molecule has 9 nitrogen and oxygen atoms in total. The number of carbonyl (C=O) groups is 2. The molecule has 1 aromatic heterocycles. The number of ether oxygens (including phenoxy) is 1. The van der Waals surface area contributed by atoms with E-state index in [1.165, 1.54) is 6.26 Å². The minimum absolute atomic E-state index is 0.0143. The van der Waals surface area contributed by atoms with E-state index in [2.05, 4.69) is 10.3 Å². The number of hydrogen-bond acceptors (Lipinski definition) is 5. The molecule has 168 valence electrons. The molecule has 4 atom stereocenters. The number of aromatic amines is 1. The smallest absolute Gasteiger partial charge is 0.290 e. The lowest BCUT2D eigenvalue weighted by molar-refractivity contribution is -0.123. The molecule has 0 unspecified atom stereocenters. The fraction of sp³-hybridized carbons (Fsp3) is 0.524. The van der Waals surface area contributed by atoms with Gasteiger partial charge in [-0.3, -0.25) is 9.59 Å². The van der Waals surface area contributed by atoms with Gasteiger partial charge in [0, 0.05) is 48.6 Å². The number of benzene rings is 1. The quantitative estimate of drug-likeness (QED) is 0.584. The molecule has 1 aromatic carbocycles. The summed E-state index contributed by atoms with van der Waals surface area (Å²) in [6, 6.07) is 7.95. The number of H-pyrrole nitrogens is 1. The summed E-state index contributed by atoms with van der Waals surface area (Å²) >= 11 is 0. The third kappa shape index (κ3) is 4.07. The number of amides is 1. The van der Waals surface area contributed by atoms with Gasteiger partial charge >= 0.3 is 0 Å². The number of para-hydroxylation sites is 1. The summed E-state index contributed by atoms with van der Waals surface area (Å²) in [6.45, 7) is 1.24. The van der Waals surface area contributed by atoms with Crippen LogP contribution in [0.1, 0.15) is 18.4 Å². The van der Waals surface area contributed by atoms with Gasteiger partial charge < -0.3 is 20.1 Å². The number of nitrogens with zero attached hydrogens (tertiary/aromatic N) is 1. The summed E-state index contributed by atoms with van der Waals surface area (Å²) in [7, 11) is -3.22. The number of hydrogen-bond donors (Lipinski definition) is 3. The average Bonchev–Trinajstić information content (AvgIpc) is 3.46. The van der Waals surface area contributed by atoms with Crippen LogP contribution in [0, 0.1) is 11.8 Å². The highest BCUT2D eigenvalue weighted by molar-refractivity contribution is 7.88. The molecule has 3 saturated heterocycles.